The number of carbonyl (C=O) groups is 5. The first-order chi connectivity index (χ1) is 14.4. The molecule has 0 saturated carbocycles. The lowest BCUT2D eigenvalue weighted by atomic mass is 9.96. The maximum atomic E-state index is 11.4. The second-order valence-corrected chi connectivity index (χ2v) is 7.08. The van der Waals surface area contributed by atoms with Gasteiger partial charge in [0.1, 0.15) is 13.2 Å². The molecule has 0 amide bonds. The van der Waals surface area contributed by atoms with E-state index < -0.39 is 54.4 Å². The van der Waals surface area contributed by atoms with Gasteiger partial charge in [-0.1, -0.05) is 6.92 Å². The van der Waals surface area contributed by atoms with Crippen molar-refractivity contribution in [1.82, 2.24) is 0 Å². The fraction of sp³-hybridized carbons (Fsp3) is 0.722. The number of hydrogen-bond acceptors (Lipinski definition) is 10. The molecule has 0 radical (unpaired) electrons. The van der Waals surface area contributed by atoms with Gasteiger partial charge in [-0.15, -0.1) is 0 Å². The molecule has 6 N–H and O–H groups in total. The lowest BCUT2D eigenvalue weighted by Gasteiger charge is -2.25. The molecular weight excluding hydrogens is 438 g/mol. The molecule has 0 aliphatic heterocycles. The smallest absolute Gasteiger partial charge is 0.336 e. The number of rotatable bonds is 10. The Labute approximate surface area is 185 Å². The summed E-state index contributed by atoms with van der Waals surface area (Å²) in [4.78, 5) is 51.2. The van der Waals surface area contributed by atoms with E-state index in [-0.39, 0.29) is 13.0 Å². The van der Waals surface area contributed by atoms with E-state index >= 15 is 0 Å². The Morgan fingerprint density at radius 2 is 1.41 bits per heavy atom. The van der Waals surface area contributed by atoms with Gasteiger partial charge < -0.3 is 49.8 Å². The van der Waals surface area contributed by atoms with E-state index in [2.05, 4.69) is 0 Å². The van der Waals surface area contributed by atoms with Crippen LogP contribution < -0.4 is 5.11 Å². The Bertz CT molecular complexity index is 582. The van der Waals surface area contributed by atoms with E-state index in [1.54, 1.807) is 6.92 Å². The van der Waals surface area contributed by atoms with Crippen molar-refractivity contribution in [1.29, 1.82) is 0 Å². The molecule has 0 saturated heterocycles. The standard InChI is InChI=1S/C11H19NO7.C4H8O3.C2H4O2.CH4O/c1-12(2,3)4-5-19-9(15)7-11(18,10(16)17)6-8(13)14;1-2-3(5)4(6)7;1-2(3)4;1-2/h18H,4-7H2,1-3H3,(H-,13,14,16,17);3,5H,2H2,1H3,(H,6,7);1H3,(H,3,4);2H,1H3. The lowest BCUT2D eigenvalue weighted by Crippen LogP contribution is -2.46. The third-order valence-corrected chi connectivity index (χ3v) is 2.97. The molecule has 0 fully saturated rings. The summed E-state index contributed by atoms with van der Waals surface area (Å²) in [6.07, 6.45) is -3.02. The van der Waals surface area contributed by atoms with Gasteiger partial charge in [0.2, 0.25) is 0 Å². The van der Waals surface area contributed by atoms with Crippen LogP contribution in [0.25, 0.3) is 0 Å². The first-order valence-corrected chi connectivity index (χ1v) is 9.04. The predicted molar refractivity (Wildman–Crippen MR) is 106 cm³/mol. The Morgan fingerprint density at radius 3 is 1.62 bits per heavy atom. The number of esters is 1. The molecule has 0 rings (SSSR count). The summed E-state index contributed by atoms with van der Waals surface area (Å²) >= 11 is 0. The minimum atomic E-state index is -2.70. The van der Waals surface area contributed by atoms with Crippen molar-refractivity contribution in [2.45, 2.75) is 44.8 Å². The van der Waals surface area contributed by atoms with Crippen molar-refractivity contribution in [3.8, 4) is 0 Å². The normalized spacial score (nSPS) is 12.5. The van der Waals surface area contributed by atoms with E-state index in [9.17, 15) is 29.4 Å². The number of ether oxygens (including phenoxy) is 1. The molecule has 2 unspecified atom stereocenters. The number of aliphatic hydroxyl groups is 3. The van der Waals surface area contributed by atoms with Gasteiger partial charge in [0.05, 0.1) is 27.6 Å². The Balaban J connectivity index is -0.000000247. The molecule has 0 bridgehead atoms. The Kier molecular flexibility index (Phi) is 21.6. The Hall–Kier alpha value is -2.81. The number of aliphatic hydroxyl groups excluding tert-OH is 2. The molecule has 14 heteroatoms. The second kappa shape index (κ2) is 18.9. The summed E-state index contributed by atoms with van der Waals surface area (Å²) in [6, 6.07) is 0. The molecule has 0 aromatic rings. The van der Waals surface area contributed by atoms with Crippen LogP contribution in [-0.4, -0.2) is 118 Å². The van der Waals surface area contributed by atoms with E-state index in [0.29, 0.717) is 11.0 Å². The summed E-state index contributed by atoms with van der Waals surface area (Å²) < 4.78 is 5.29. The zero-order valence-electron chi connectivity index (χ0n) is 19.1. The largest absolute Gasteiger partial charge is 0.550 e. The van der Waals surface area contributed by atoms with Crippen LogP contribution >= 0.6 is 0 Å². The van der Waals surface area contributed by atoms with Gasteiger partial charge in [0.25, 0.3) is 5.97 Å². The number of carboxylic acids is 4. The number of quaternary nitrogens is 1. The van der Waals surface area contributed by atoms with Crippen molar-refractivity contribution in [2.75, 3.05) is 41.4 Å². The topological polar surface area (TPSA) is 239 Å². The summed E-state index contributed by atoms with van der Waals surface area (Å²) in [7, 11) is 6.62. The van der Waals surface area contributed by atoms with Crippen molar-refractivity contribution >= 4 is 29.8 Å². The fourth-order valence-corrected chi connectivity index (χ4v) is 1.35. The molecule has 0 aromatic heterocycles. The highest BCUT2D eigenvalue weighted by Crippen LogP contribution is 2.16. The van der Waals surface area contributed by atoms with Gasteiger partial charge in [0, 0.05) is 26.4 Å². The van der Waals surface area contributed by atoms with Crippen molar-refractivity contribution in [3.05, 3.63) is 0 Å². The zero-order chi connectivity index (χ0) is 26.7. The highest BCUT2D eigenvalue weighted by molar-refractivity contribution is 5.88. The zero-order valence-corrected chi connectivity index (χ0v) is 19.1. The number of nitrogens with zero attached hydrogens (tertiary/aromatic N) is 1. The number of aliphatic carboxylic acids is 4. The van der Waals surface area contributed by atoms with E-state index in [4.69, 9.17) is 35.1 Å². The fourth-order valence-electron chi connectivity index (χ4n) is 1.35. The van der Waals surface area contributed by atoms with Gasteiger partial charge >= 0.3 is 17.9 Å². The van der Waals surface area contributed by atoms with Crippen LogP contribution in [0.1, 0.15) is 33.1 Å². The summed E-state index contributed by atoms with van der Waals surface area (Å²) in [5.74, 6) is -6.52. The molecule has 0 aliphatic rings. The minimum absolute atomic E-state index is 0.0450. The highest BCUT2D eigenvalue weighted by Gasteiger charge is 2.39. The van der Waals surface area contributed by atoms with Gasteiger partial charge in [0.15, 0.2) is 11.7 Å². The Morgan fingerprint density at radius 1 is 1.00 bits per heavy atom. The van der Waals surface area contributed by atoms with Gasteiger partial charge in [-0.25, -0.2) is 9.59 Å². The maximum Gasteiger partial charge on any atom is 0.336 e. The van der Waals surface area contributed by atoms with Crippen LogP contribution in [0.4, 0.5) is 0 Å². The number of hydrogen-bond donors (Lipinski definition) is 6. The second-order valence-electron chi connectivity index (χ2n) is 7.08. The van der Waals surface area contributed by atoms with E-state index in [1.165, 1.54) is 0 Å². The predicted octanol–water partition coefficient (Wildman–Crippen LogP) is -2.88. The molecule has 32 heavy (non-hydrogen) atoms. The molecular formula is C18H35NO13. The third-order valence-electron chi connectivity index (χ3n) is 2.97. The van der Waals surface area contributed by atoms with Crippen molar-refractivity contribution < 1.29 is 68.9 Å². The third kappa shape index (κ3) is 27.2. The lowest BCUT2D eigenvalue weighted by molar-refractivity contribution is -0.870. The summed E-state index contributed by atoms with van der Waals surface area (Å²) in [5, 5.41) is 59.3. The van der Waals surface area contributed by atoms with E-state index in [0.717, 1.165) is 14.0 Å². The SMILES string of the molecule is CC(=O)O.CCC(O)C(=O)O.CO.C[N+](C)(C)CCOC(=O)CC(O)(CC(=O)[O-])C(=O)O. The monoisotopic (exact) mass is 473 g/mol. The van der Waals surface area contributed by atoms with Crippen LogP contribution in [0.5, 0.6) is 0 Å². The quantitative estimate of drug-likeness (QED) is 0.138. The molecule has 2 atom stereocenters. The number of carboxylic acid groups (broad SMARTS) is 4. The summed E-state index contributed by atoms with van der Waals surface area (Å²) in [6.45, 7) is 3.24. The molecule has 0 aliphatic carbocycles. The molecule has 0 aromatic carbocycles. The first-order valence-electron chi connectivity index (χ1n) is 9.04. The van der Waals surface area contributed by atoms with Crippen molar-refractivity contribution in [3.63, 3.8) is 0 Å². The first kappa shape index (κ1) is 36.6. The molecule has 14 nitrogen and oxygen atoms in total. The summed E-state index contributed by atoms with van der Waals surface area (Å²) in [5.41, 5.74) is -2.70. The van der Waals surface area contributed by atoms with E-state index in [1.807, 2.05) is 21.1 Å². The minimum Gasteiger partial charge on any atom is -0.550 e. The maximum absolute atomic E-state index is 11.4. The number of carbonyl (C=O) groups excluding carboxylic acids is 2. The van der Waals surface area contributed by atoms with Crippen LogP contribution in [0, 0.1) is 0 Å². The van der Waals surface area contributed by atoms with Crippen LogP contribution in [0.3, 0.4) is 0 Å². The highest BCUT2D eigenvalue weighted by atomic mass is 16.5. The molecule has 0 heterocycles. The van der Waals surface area contributed by atoms with Crippen LogP contribution in [-0.2, 0) is 28.7 Å². The van der Waals surface area contributed by atoms with Crippen LogP contribution in [0.2, 0.25) is 0 Å². The van der Waals surface area contributed by atoms with Crippen molar-refractivity contribution in [2.24, 2.45) is 0 Å². The van der Waals surface area contributed by atoms with Gasteiger partial charge in [-0.3, -0.25) is 9.59 Å². The molecule has 0 spiro atoms. The average molecular weight is 473 g/mol. The number of likely N-dealkylation sites (N-methyl/N-ethyl adjacent to an activating group) is 1. The van der Waals surface area contributed by atoms with Gasteiger partial charge in [-0.2, -0.15) is 0 Å². The average Bonchev–Trinajstić information content (AvgIpc) is 2.60. The van der Waals surface area contributed by atoms with Gasteiger partial charge in [-0.05, 0) is 6.42 Å². The van der Waals surface area contributed by atoms with Crippen LogP contribution in [0.15, 0.2) is 0 Å². The molecule has 190 valence electrons.